The Hall–Kier alpha value is -2.79. The molecule has 0 fully saturated rings. The number of carbonyl (C=O) groups is 1. The quantitative estimate of drug-likeness (QED) is 0.243. The molecule has 38 heavy (non-hydrogen) atoms. The van der Waals surface area contributed by atoms with Crippen molar-refractivity contribution in [2.24, 2.45) is 4.40 Å². The van der Waals surface area contributed by atoms with Gasteiger partial charge in [0.2, 0.25) is 4.80 Å². The van der Waals surface area contributed by atoms with E-state index in [1.807, 2.05) is 0 Å². The van der Waals surface area contributed by atoms with Crippen LogP contribution in [0.15, 0.2) is 57.3 Å². The summed E-state index contributed by atoms with van der Waals surface area (Å²) >= 11 is 6.52. The summed E-state index contributed by atoms with van der Waals surface area (Å²) in [4.78, 5) is 28.8. The number of sulfonamides is 1. The van der Waals surface area contributed by atoms with E-state index in [9.17, 15) is 35.3 Å². The normalized spacial score (nSPS) is 13.0. The van der Waals surface area contributed by atoms with E-state index in [1.54, 1.807) is 0 Å². The predicted octanol–water partition coefficient (Wildman–Crippen LogP) is 3.53. The highest BCUT2D eigenvalue weighted by atomic mass is 35.5. The molecule has 0 aliphatic rings. The molecule has 0 aliphatic heterocycles. The van der Waals surface area contributed by atoms with Gasteiger partial charge in [0.1, 0.15) is 23.2 Å². The fourth-order valence-electron chi connectivity index (χ4n) is 2.76. The van der Waals surface area contributed by atoms with Gasteiger partial charge < -0.3 is 19.8 Å². The molecule has 0 saturated heterocycles. The van der Waals surface area contributed by atoms with Gasteiger partial charge in [0.05, 0.1) is 5.02 Å². The van der Waals surface area contributed by atoms with Crippen LogP contribution in [0.25, 0.3) is 0 Å². The number of phosphoric acid groups is 1. The van der Waals surface area contributed by atoms with Crippen molar-refractivity contribution >= 4 is 46.7 Å². The number of nitrogens with one attached hydrogen (secondary N) is 1. The molecule has 0 unspecified atom stereocenters. The number of hydrogen-bond donors (Lipinski definition) is 3. The molecular weight excluding hydrogens is 605 g/mol. The molecule has 0 bridgehead atoms. The van der Waals surface area contributed by atoms with Gasteiger partial charge >= 0.3 is 14.2 Å². The number of carbonyl (C=O) groups excluding carboxylic acids is 1. The Kier molecular flexibility index (Phi) is 9.03. The summed E-state index contributed by atoms with van der Waals surface area (Å²) in [7, 11) is -9.51. The summed E-state index contributed by atoms with van der Waals surface area (Å²) in [6, 6.07) is 5.75. The van der Waals surface area contributed by atoms with Crippen molar-refractivity contribution in [3.8, 4) is 5.75 Å². The first kappa shape index (κ1) is 29.8. The first-order chi connectivity index (χ1) is 17.5. The highest BCUT2D eigenvalue weighted by Gasteiger charge is 2.32. The van der Waals surface area contributed by atoms with Gasteiger partial charge in [0.15, 0.2) is 0 Å². The van der Waals surface area contributed by atoms with Crippen molar-refractivity contribution in [3.05, 3.63) is 74.7 Å². The van der Waals surface area contributed by atoms with Crippen LogP contribution in [0.2, 0.25) is 5.02 Å². The number of thiazole rings is 1. The number of benzene rings is 2. The van der Waals surface area contributed by atoms with Crippen molar-refractivity contribution in [2.45, 2.75) is 24.5 Å². The number of nitrogens with zero attached hydrogens (tertiary/aromatic N) is 2. The van der Waals surface area contributed by atoms with E-state index in [-0.39, 0.29) is 21.9 Å². The van der Waals surface area contributed by atoms with Crippen LogP contribution in [-0.4, -0.2) is 35.0 Å². The standard InChI is InChI=1S/C19H15ClF4N3O8PS2/c20-13-7-11(1-3-15(13)35-19(22,23)24)9-25-17(28)12-2-4-16(14(21)8-12)38(32,33)26-18-27(5-6-37-18)10-34-36(29,30)31/h1-8H,9-10H2,(H,25,28)(H2,29,30,31)/b26-18-. The Morgan fingerprint density at radius 3 is 2.53 bits per heavy atom. The van der Waals surface area contributed by atoms with Crippen LogP contribution in [0, 0.1) is 5.82 Å². The smallest absolute Gasteiger partial charge is 0.404 e. The maximum Gasteiger partial charge on any atom is 0.573 e. The molecule has 19 heteroatoms. The molecule has 11 nitrogen and oxygen atoms in total. The lowest BCUT2D eigenvalue weighted by atomic mass is 10.2. The van der Waals surface area contributed by atoms with E-state index in [0.29, 0.717) is 11.6 Å². The van der Waals surface area contributed by atoms with E-state index in [4.69, 9.17) is 21.4 Å². The summed E-state index contributed by atoms with van der Waals surface area (Å²) in [5.74, 6) is -2.78. The molecule has 3 N–H and O–H groups in total. The van der Waals surface area contributed by atoms with Crippen LogP contribution in [-0.2, 0) is 32.4 Å². The van der Waals surface area contributed by atoms with Crippen molar-refractivity contribution in [1.82, 2.24) is 9.88 Å². The van der Waals surface area contributed by atoms with Crippen LogP contribution in [0.3, 0.4) is 0 Å². The molecular formula is C19H15ClF4N3O8PS2. The zero-order valence-electron chi connectivity index (χ0n) is 18.4. The molecule has 0 radical (unpaired) electrons. The Bertz CT molecular complexity index is 1570. The van der Waals surface area contributed by atoms with Crippen molar-refractivity contribution in [3.63, 3.8) is 0 Å². The number of aromatic nitrogens is 1. The Balaban J connectivity index is 1.73. The number of hydrogen-bond acceptors (Lipinski definition) is 7. The molecule has 0 aliphatic carbocycles. The fourth-order valence-corrected chi connectivity index (χ4v) is 5.27. The Labute approximate surface area is 220 Å². The summed E-state index contributed by atoms with van der Waals surface area (Å²) in [5, 5.41) is 3.38. The number of ether oxygens (including phenoxy) is 1. The second-order valence-corrected chi connectivity index (χ2v) is 11.2. The third kappa shape index (κ3) is 8.36. The average molecular weight is 620 g/mol. The lowest BCUT2D eigenvalue weighted by molar-refractivity contribution is -0.274. The predicted molar refractivity (Wildman–Crippen MR) is 124 cm³/mol. The SMILES string of the molecule is O=C(NCc1ccc(OC(F)(F)F)c(Cl)c1)c1ccc(S(=O)(=O)/N=c2\sccn2COP(=O)(O)O)c(F)c1. The van der Waals surface area contributed by atoms with Gasteiger partial charge in [-0.15, -0.1) is 28.9 Å². The third-order valence-electron chi connectivity index (χ3n) is 4.37. The number of rotatable bonds is 9. The number of alkyl halides is 3. The first-order valence-corrected chi connectivity index (χ1v) is 14.0. The lowest BCUT2D eigenvalue weighted by Gasteiger charge is -2.12. The van der Waals surface area contributed by atoms with Crippen LogP contribution < -0.4 is 14.9 Å². The number of amides is 1. The molecule has 0 spiro atoms. The first-order valence-electron chi connectivity index (χ1n) is 9.81. The molecule has 1 aromatic heterocycles. The highest BCUT2D eigenvalue weighted by Crippen LogP contribution is 2.36. The molecule has 1 heterocycles. The minimum atomic E-state index is -4.94. The summed E-state index contributed by atoms with van der Waals surface area (Å²) in [6.45, 7) is -0.941. The van der Waals surface area contributed by atoms with E-state index < -0.39 is 53.3 Å². The van der Waals surface area contributed by atoms with Gasteiger partial charge in [0, 0.05) is 23.7 Å². The molecule has 0 atom stereocenters. The van der Waals surface area contributed by atoms with E-state index in [2.05, 4.69) is 19.0 Å². The number of phosphoric ester groups is 1. The molecule has 3 aromatic rings. The maximum atomic E-state index is 14.7. The Morgan fingerprint density at radius 1 is 1.21 bits per heavy atom. The van der Waals surface area contributed by atoms with Gasteiger partial charge in [-0.1, -0.05) is 17.7 Å². The second kappa shape index (κ2) is 11.5. The lowest BCUT2D eigenvalue weighted by Crippen LogP contribution is -2.23. The summed E-state index contributed by atoms with van der Waals surface area (Å²) in [5.41, 5.74) is 0.0223. The van der Waals surface area contributed by atoms with Crippen LogP contribution in [0.5, 0.6) is 5.75 Å². The van der Waals surface area contributed by atoms with Crippen LogP contribution >= 0.6 is 30.8 Å². The molecule has 0 saturated carbocycles. The largest absolute Gasteiger partial charge is 0.573 e. The zero-order valence-corrected chi connectivity index (χ0v) is 21.7. The minimum absolute atomic E-state index is 0.211. The van der Waals surface area contributed by atoms with Gasteiger partial charge in [-0.2, -0.15) is 8.42 Å². The molecule has 1 amide bonds. The van der Waals surface area contributed by atoms with E-state index >= 15 is 0 Å². The van der Waals surface area contributed by atoms with Gasteiger partial charge in [-0.25, -0.2) is 8.96 Å². The molecule has 3 rings (SSSR count). The van der Waals surface area contributed by atoms with Crippen molar-refractivity contribution in [2.75, 3.05) is 0 Å². The second-order valence-electron chi connectivity index (χ2n) is 7.11. The highest BCUT2D eigenvalue weighted by molar-refractivity contribution is 7.90. The van der Waals surface area contributed by atoms with Crippen molar-refractivity contribution in [1.29, 1.82) is 0 Å². The van der Waals surface area contributed by atoms with E-state index in [1.165, 1.54) is 17.6 Å². The van der Waals surface area contributed by atoms with Gasteiger partial charge in [0.25, 0.3) is 15.9 Å². The fraction of sp³-hybridized carbons (Fsp3) is 0.158. The maximum absolute atomic E-state index is 14.7. The minimum Gasteiger partial charge on any atom is -0.404 e. The van der Waals surface area contributed by atoms with E-state index in [0.717, 1.165) is 40.2 Å². The topological polar surface area (TPSA) is 157 Å². The van der Waals surface area contributed by atoms with Gasteiger partial charge in [-0.3, -0.25) is 13.9 Å². The third-order valence-corrected chi connectivity index (χ3v) is 7.33. The Morgan fingerprint density at radius 2 is 1.92 bits per heavy atom. The zero-order chi connectivity index (χ0) is 28.3. The number of halogens is 5. The monoisotopic (exact) mass is 619 g/mol. The van der Waals surface area contributed by atoms with Crippen LogP contribution in [0.1, 0.15) is 15.9 Å². The summed E-state index contributed by atoms with van der Waals surface area (Å²) < 4.78 is 100. The van der Waals surface area contributed by atoms with Crippen LogP contribution in [0.4, 0.5) is 17.6 Å². The molecule has 206 valence electrons. The van der Waals surface area contributed by atoms with Crippen molar-refractivity contribution < 1.29 is 54.4 Å². The van der Waals surface area contributed by atoms with Gasteiger partial charge in [-0.05, 0) is 35.9 Å². The molecule has 2 aromatic carbocycles. The summed E-state index contributed by atoms with van der Waals surface area (Å²) in [6.07, 6.45) is -3.70. The average Bonchev–Trinajstić information content (AvgIpc) is 3.22.